The van der Waals surface area contributed by atoms with Gasteiger partial charge < -0.3 is 15.2 Å². The van der Waals surface area contributed by atoms with Gasteiger partial charge in [0, 0.05) is 18.2 Å². The van der Waals surface area contributed by atoms with Gasteiger partial charge in [0.2, 0.25) is 5.91 Å². The van der Waals surface area contributed by atoms with Crippen LogP contribution in [0.2, 0.25) is 0 Å². The number of carboxylic acids is 1. The Morgan fingerprint density at radius 3 is 2.77 bits per heavy atom. The SMILES string of the molecule is COCCC1CCC(NC(=O)Cc2cc(Br)ccc2C)(C(=O)O)C(C)C1. The highest BCUT2D eigenvalue weighted by Crippen LogP contribution is 2.38. The Kier molecular flexibility index (Phi) is 7.24. The van der Waals surface area contributed by atoms with Gasteiger partial charge >= 0.3 is 5.97 Å². The molecule has 0 aliphatic heterocycles. The molecular weight excluding hydrogens is 398 g/mol. The van der Waals surface area contributed by atoms with E-state index in [-0.39, 0.29) is 18.2 Å². The fourth-order valence-electron chi connectivity index (χ4n) is 3.90. The van der Waals surface area contributed by atoms with E-state index in [0.29, 0.717) is 18.9 Å². The van der Waals surface area contributed by atoms with Gasteiger partial charge in [-0.05, 0) is 67.7 Å². The van der Waals surface area contributed by atoms with Gasteiger partial charge in [-0.25, -0.2) is 4.79 Å². The number of hydrogen-bond acceptors (Lipinski definition) is 3. The average Bonchev–Trinajstić information content (AvgIpc) is 2.58. The minimum atomic E-state index is -1.18. The summed E-state index contributed by atoms with van der Waals surface area (Å²) in [5.74, 6) is -0.852. The summed E-state index contributed by atoms with van der Waals surface area (Å²) >= 11 is 3.42. The highest BCUT2D eigenvalue weighted by Gasteiger charge is 2.48. The molecule has 1 aliphatic rings. The fourth-order valence-corrected chi connectivity index (χ4v) is 4.31. The third kappa shape index (κ3) is 4.86. The van der Waals surface area contributed by atoms with Crippen molar-refractivity contribution in [2.75, 3.05) is 13.7 Å². The summed E-state index contributed by atoms with van der Waals surface area (Å²) in [5.41, 5.74) is 0.739. The van der Waals surface area contributed by atoms with Gasteiger partial charge in [0.05, 0.1) is 6.42 Å². The minimum Gasteiger partial charge on any atom is -0.479 e. The molecule has 1 aromatic rings. The summed E-state index contributed by atoms with van der Waals surface area (Å²) in [4.78, 5) is 24.7. The predicted octanol–water partition coefficient (Wildman–Crippen LogP) is 3.71. The Bertz CT molecular complexity index is 663. The first kappa shape index (κ1) is 20.9. The molecule has 2 rings (SSSR count). The molecule has 0 saturated heterocycles. The molecule has 1 saturated carbocycles. The first-order valence-corrected chi connectivity index (χ1v) is 9.86. The number of hydrogen-bond donors (Lipinski definition) is 2. The molecule has 144 valence electrons. The van der Waals surface area contributed by atoms with Crippen LogP contribution in [0, 0.1) is 18.8 Å². The molecule has 5 nitrogen and oxygen atoms in total. The molecule has 3 unspecified atom stereocenters. The van der Waals surface area contributed by atoms with Crippen LogP contribution in [0.1, 0.15) is 43.7 Å². The Morgan fingerprint density at radius 1 is 1.42 bits per heavy atom. The number of aliphatic carboxylic acids is 1. The molecular formula is C20H28BrNO4. The molecule has 0 heterocycles. The van der Waals surface area contributed by atoms with Crippen LogP contribution in [0.3, 0.4) is 0 Å². The van der Waals surface area contributed by atoms with Crippen LogP contribution >= 0.6 is 15.9 Å². The summed E-state index contributed by atoms with van der Waals surface area (Å²) < 4.78 is 6.05. The van der Waals surface area contributed by atoms with E-state index in [1.54, 1.807) is 7.11 Å². The highest BCUT2D eigenvalue weighted by atomic mass is 79.9. The van der Waals surface area contributed by atoms with E-state index >= 15 is 0 Å². The molecule has 6 heteroatoms. The quantitative estimate of drug-likeness (QED) is 0.697. The van der Waals surface area contributed by atoms with E-state index < -0.39 is 11.5 Å². The zero-order valence-electron chi connectivity index (χ0n) is 15.7. The van der Waals surface area contributed by atoms with Crippen molar-refractivity contribution in [3.63, 3.8) is 0 Å². The summed E-state index contributed by atoms with van der Waals surface area (Å²) in [7, 11) is 1.68. The van der Waals surface area contributed by atoms with Crippen LogP contribution in [0.4, 0.5) is 0 Å². The van der Waals surface area contributed by atoms with Gasteiger partial charge in [-0.15, -0.1) is 0 Å². The van der Waals surface area contributed by atoms with E-state index in [4.69, 9.17) is 4.74 Å². The second-order valence-electron chi connectivity index (χ2n) is 7.40. The molecule has 1 aliphatic carbocycles. The van der Waals surface area contributed by atoms with Crippen LogP contribution in [-0.4, -0.2) is 36.2 Å². The molecule has 0 radical (unpaired) electrons. The van der Waals surface area contributed by atoms with Crippen molar-refractivity contribution in [1.82, 2.24) is 5.32 Å². The number of aryl methyl sites for hydroxylation is 1. The lowest BCUT2D eigenvalue weighted by atomic mass is 9.68. The Morgan fingerprint density at radius 2 is 2.15 bits per heavy atom. The summed E-state index contributed by atoms with van der Waals surface area (Å²) in [6, 6.07) is 5.79. The number of rotatable bonds is 7. The average molecular weight is 426 g/mol. The maximum Gasteiger partial charge on any atom is 0.329 e. The van der Waals surface area contributed by atoms with Gasteiger partial charge in [-0.3, -0.25) is 4.79 Å². The van der Waals surface area contributed by atoms with Gasteiger partial charge in [0.25, 0.3) is 0 Å². The summed E-state index contributed by atoms with van der Waals surface area (Å²) in [6.07, 6.45) is 3.14. The molecule has 0 spiro atoms. The highest BCUT2D eigenvalue weighted by molar-refractivity contribution is 9.10. The van der Waals surface area contributed by atoms with Crippen LogP contribution in [0.25, 0.3) is 0 Å². The summed E-state index contributed by atoms with van der Waals surface area (Å²) in [5, 5.41) is 12.8. The summed E-state index contributed by atoms with van der Waals surface area (Å²) in [6.45, 7) is 4.56. The number of carbonyl (C=O) groups excluding carboxylic acids is 1. The number of amides is 1. The van der Waals surface area contributed by atoms with E-state index in [2.05, 4.69) is 21.2 Å². The lowest BCUT2D eigenvalue weighted by Gasteiger charge is -2.42. The van der Waals surface area contributed by atoms with Gasteiger partial charge in [0.15, 0.2) is 0 Å². The maximum absolute atomic E-state index is 12.6. The Balaban J connectivity index is 2.09. The van der Waals surface area contributed by atoms with Crippen LogP contribution in [-0.2, 0) is 20.7 Å². The smallest absolute Gasteiger partial charge is 0.329 e. The third-order valence-corrected chi connectivity index (χ3v) is 6.10. The molecule has 1 fully saturated rings. The van der Waals surface area contributed by atoms with Crippen molar-refractivity contribution in [2.24, 2.45) is 11.8 Å². The van der Waals surface area contributed by atoms with Crippen molar-refractivity contribution >= 4 is 27.8 Å². The van der Waals surface area contributed by atoms with E-state index in [0.717, 1.165) is 34.9 Å². The van der Waals surface area contributed by atoms with E-state index in [1.807, 2.05) is 32.0 Å². The number of carboxylic acid groups (broad SMARTS) is 1. The number of ether oxygens (including phenoxy) is 1. The number of benzene rings is 1. The molecule has 0 bridgehead atoms. The van der Waals surface area contributed by atoms with E-state index in [1.165, 1.54) is 0 Å². The Hall–Kier alpha value is -1.40. The van der Waals surface area contributed by atoms with Crippen molar-refractivity contribution in [3.8, 4) is 0 Å². The number of methoxy groups -OCH3 is 1. The normalized spacial score (nSPS) is 25.7. The second kappa shape index (κ2) is 9.00. The molecule has 0 aromatic heterocycles. The monoisotopic (exact) mass is 425 g/mol. The van der Waals surface area contributed by atoms with Crippen LogP contribution in [0.5, 0.6) is 0 Å². The minimum absolute atomic E-state index is 0.122. The first-order chi connectivity index (χ1) is 12.3. The molecule has 3 atom stereocenters. The van der Waals surface area contributed by atoms with Crippen molar-refractivity contribution in [1.29, 1.82) is 0 Å². The maximum atomic E-state index is 12.6. The Labute approximate surface area is 163 Å². The van der Waals surface area contributed by atoms with Crippen molar-refractivity contribution in [3.05, 3.63) is 33.8 Å². The fraction of sp³-hybridized carbons (Fsp3) is 0.600. The molecule has 26 heavy (non-hydrogen) atoms. The van der Waals surface area contributed by atoms with Gasteiger partial charge in [-0.1, -0.05) is 28.9 Å². The van der Waals surface area contributed by atoms with Crippen LogP contribution in [0.15, 0.2) is 22.7 Å². The molecule has 1 aromatic carbocycles. The zero-order chi connectivity index (χ0) is 19.3. The number of nitrogens with one attached hydrogen (secondary N) is 1. The lowest BCUT2D eigenvalue weighted by molar-refractivity contribution is -0.152. The molecule has 2 N–H and O–H groups in total. The molecule has 1 amide bonds. The second-order valence-corrected chi connectivity index (χ2v) is 8.31. The van der Waals surface area contributed by atoms with Gasteiger partial charge in [0.1, 0.15) is 5.54 Å². The van der Waals surface area contributed by atoms with Crippen LogP contribution < -0.4 is 5.32 Å². The zero-order valence-corrected chi connectivity index (χ0v) is 17.3. The number of halogens is 1. The lowest BCUT2D eigenvalue weighted by Crippen LogP contribution is -2.61. The van der Waals surface area contributed by atoms with E-state index in [9.17, 15) is 14.7 Å². The van der Waals surface area contributed by atoms with Crippen molar-refractivity contribution in [2.45, 2.75) is 51.5 Å². The largest absolute Gasteiger partial charge is 0.479 e. The van der Waals surface area contributed by atoms with Gasteiger partial charge in [-0.2, -0.15) is 0 Å². The first-order valence-electron chi connectivity index (χ1n) is 9.07. The topological polar surface area (TPSA) is 75.6 Å². The number of carbonyl (C=O) groups is 2. The predicted molar refractivity (Wildman–Crippen MR) is 104 cm³/mol. The van der Waals surface area contributed by atoms with Crippen molar-refractivity contribution < 1.29 is 19.4 Å². The third-order valence-electron chi connectivity index (χ3n) is 5.61. The standard InChI is InChI=1S/C20H28BrNO4/c1-13-4-5-17(21)11-16(13)12-18(23)22-20(19(24)25)8-6-15(7-9-26-3)10-14(20)2/h4-5,11,14-15H,6-10,12H2,1-3H3,(H,22,23)(H,24,25).